The minimum absolute atomic E-state index is 0.0531. The summed E-state index contributed by atoms with van der Waals surface area (Å²) in [6, 6.07) is 16.2. The van der Waals surface area contributed by atoms with Gasteiger partial charge in [0, 0.05) is 43.3 Å². The first kappa shape index (κ1) is 27.0. The van der Waals surface area contributed by atoms with Crippen LogP contribution < -0.4 is 20.4 Å². The van der Waals surface area contributed by atoms with Gasteiger partial charge in [0.05, 0.1) is 30.7 Å². The molecule has 0 radical (unpaired) electrons. The lowest BCUT2D eigenvalue weighted by molar-refractivity contribution is -0.647. The number of methoxy groups -OCH3 is 1. The Balaban J connectivity index is 1.65. The number of unbranched alkanes of at least 4 members (excludes halogenated alkanes) is 2. The summed E-state index contributed by atoms with van der Waals surface area (Å²) in [7, 11) is 3.73. The highest BCUT2D eigenvalue weighted by molar-refractivity contribution is 6.42. The Morgan fingerprint density at radius 1 is 1.08 bits per heavy atom. The van der Waals surface area contributed by atoms with Crippen molar-refractivity contribution in [2.24, 2.45) is 12.8 Å². The molecule has 0 saturated carbocycles. The first-order valence-corrected chi connectivity index (χ1v) is 13.3. The molecule has 1 amide bonds. The predicted octanol–water partition coefficient (Wildman–Crippen LogP) is 5.74. The van der Waals surface area contributed by atoms with Crippen LogP contribution in [-0.4, -0.2) is 30.7 Å². The van der Waals surface area contributed by atoms with Crippen LogP contribution in [0.1, 0.15) is 37.1 Å². The molecule has 3 N–H and O–H groups in total. The van der Waals surface area contributed by atoms with E-state index in [-0.39, 0.29) is 5.91 Å². The molecule has 0 unspecified atom stereocenters. The van der Waals surface area contributed by atoms with E-state index in [2.05, 4.69) is 44.8 Å². The normalized spacial score (nSPS) is 11.6. The van der Waals surface area contributed by atoms with Gasteiger partial charge in [0.25, 0.3) is 5.82 Å². The van der Waals surface area contributed by atoms with Crippen molar-refractivity contribution in [1.29, 1.82) is 0 Å². The van der Waals surface area contributed by atoms with Crippen LogP contribution in [0.25, 0.3) is 34.0 Å². The lowest BCUT2D eigenvalue weighted by Crippen LogP contribution is -2.31. The summed E-state index contributed by atoms with van der Waals surface area (Å²) >= 11 is 12.8. The molecule has 0 atom stereocenters. The second kappa shape index (κ2) is 12.5. The zero-order valence-electron chi connectivity index (χ0n) is 21.3. The number of aromatic nitrogens is 2. The topological polar surface area (TPSA) is 73.2 Å². The third kappa shape index (κ3) is 6.09. The average Bonchev–Trinajstić information content (AvgIpc) is 3.15. The van der Waals surface area contributed by atoms with Gasteiger partial charge in [0.2, 0.25) is 5.91 Å². The number of ether oxygens (including phenoxy) is 1. The van der Waals surface area contributed by atoms with Gasteiger partial charge in [0.1, 0.15) is 5.75 Å². The molecular weight excluding hydrogens is 507 g/mol. The number of fused-ring (bicyclic) bond motifs is 2. The molecular formula is C29H33Cl2N4O2+. The number of carbonyl (C=O) groups excluding carboxylic acids is 1. The first-order valence-electron chi connectivity index (χ1n) is 12.5. The first-order chi connectivity index (χ1) is 17.9. The molecule has 0 aliphatic heterocycles. The lowest BCUT2D eigenvalue weighted by Gasteiger charge is -2.08. The molecule has 194 valence electrons. The SMILES string of the molecule is COc1ccc2ccccc2c1/C=C/c1n(CCCCCC(=O)NCCN)c2cc(Cl)c(Cl)cc2[n+]1C. The van der Waals surface area contributed by atoms with Gasteiger partial charge in [-0.25, -0.2) is 9.13 Å². The third-order valence-corrected chi connectivity index (χ3v) is 7.31. The Hall–Kier alpha value is -3.06. The van der Waals surface area contributed by atoms with E-state index in [1.165, 1.54) is 0 Å². The van der Waals surface area contributed by atoms with Crippen LogP contribution >= 0.6 is 23.2 Å². The number of nitrogens with one attached hydrogen (secondary N) is 1. The second-order valence-electron chi connectivity index (χ2n) is 9.01. The van der Waals surface area contributed by atoms with E-state index < -0.39 is 0 Å². The summed E-state index contributed by atoms with van der Waals surface area (Å²) in [5, 5.41) is 6.16. The Labute approximate surface area is 227 Å². The fraction of sp³-hybridized carbons (Fsp3) is 0.310. The summed E-state index contributed by atoms with van der Waals surface area (Å²) < 4.78 is 10.1. The molecule has 3 aromatic carbocycles. The molecule has 0 spiro atoms. The maximum Gasteiger partial charge on any atom is 0.282 e. The Morgan fingerprint density at radius 3 is 2.65 bits per heavy atom. The quantitative estimate of drug-likeness (QED) is 0.188. The Bertz CT molecular complexity index is 1450. The van der Waals surface area contributed by atoms with Crippen molar-refractivity contribution in [3.63, 3.8) is 0 Å². The lowest BCUT2D eigenvalue weighted by atomic mass is 10.0. The second-order valence-corrected chi connectivity index (χ2v) is 9.82. The number of hydrogen-bond acceptors (Lipinski definition) is 3. The third-order valence-electron chi connectivity index (χ3n) is 6.59. The van der Waals surface area contributed by atoms with Crippen molar-refractivity contribution < 1.29 is 14.1 Å². The largest absolute Gasteiger partial charge is 0.496 e. The van der Waals surface area contributed by atoms with Crippen molar-refractivity contribution in [3.05, 3.63) is 70.0 Å². The van der Waals surface area contributed by atoms with Gasteiger partial charge in [-0.2, -0.15) is 0 Å². The van der Waals surface area contributed by atoms with Crippen LogP contribution in [0, 0.1) is 0 Å². The van der Waals surface area contributed by atoms with Crippen LogP contribution in [0.2, 0.25) is 10.0 Å². The Morgan fingerprint density at radius 2 is 1.86 bits per heavy atom. The molecule has 37 heavy (non-hydrogen) atoms. The van der Waals surface area contributed by atoms with Crippen molar-refractivity contribution in [3.8, 4) is 5.75 Å². The maximum atomic E-state index is 11.9. The Kier molecular flexibility index (Phi) is 9.09. The fourth-order valence-corrected chi connectivity index (χ4v) is 5.01. The van der Waals surface area contributed by atoms with Crippen LogP contribution in [0.4, 0.5) is 0 Å². The van der Waals surface area contributed by atoms with Gasteiger partial charge in [-0.05, 0) is 42.2 Å². The smallest absolute Gasteiger partial charge is 0.282 e. The number of rotatable bonds is 11. The number of nitrogens with zero attached hydrogens (tertiary/aromatic N) is 2. The molecule has 1 aromatic heterocycles. The molecule has 0 aliphatic carbocycles. The number of nitrogens with two attached hydrogens (primary N) is 1. The van der Waals surface area contributed by atoms with E-state index in [0.717, 1.165) is 64.8 Å². The van der Waals surface area contributed by atoms with Gasteiger partial charge in [-0.3, -0.25) is 4.79 Å². The number of benzene rings is 3. The average molecular weight is 541 g/mol. The summed E-state index contributed by atoms with van der Waals surface area (Å²) in [5.74, 6) is 1.89. The van der Waals surface area contributed by atoms with E-state index in [1.807, 2.05) is 37.4 Å². The van der Waals surface area contributed by atoms with Crippen molar-refractivity contribution >= 4 is 63.1 Å². The number of carbonyl (C=O) groups is 1. The van der Waals surface area contributed by atoms with Crippen LogP contribution in [0.3, 0.4) is 0 Å². The van der Waals surface area contributed by atoms with Crippen LogP contribution in [0.5, 0.6) is 5.75 Å². The molecule has 0 fully saturated rings. The van der Waals surface area contributed by atoms with E-state index in [1.54, 1.807) is 7.11 Å². The molecule has 0 aliphatic rings. The number of aryl methyl sites for hydroxylation is 2. The van der Waals surface area contributed by atoms with Crippen LogP contribution in [-0.2, 0) is 18.4 Å². The van der Waals surface area contributed by atoms with Gasteiger partial charge in [0.15, 0.2) is 11.0 Å². The van der Waals surface area contributed by atoms with Crippen molar-refractivity contribution in [2.45, 2.75) is 32.2 Å². The zero-order chi connectivity index (χ0) is 26.4. The monoisotopic (exact) mass is 539 g/mol. The van der Waals surface area contributed by atoms with E-state index in [0.29, 0.717) is 29.6 Å². The molecule has 1 heterocycles. The van der Waals surface area contributed by atoms with Crippen molar-refractivity contribution in [1.82, 2.24) is 9.88 Å². The minimum atomic E-state index is 0.0531. The van der Waals surface area contributed by atoms with E-state index >= 15 is 0 Å². The van der Waals surface area contributed by atoms with Gasteiger partial charge in [-0.1, -0.05) is 53.5 Å². The highest BCUT2D eigenvalue weighted by atomic mass is 35.5. The van der Waals surface area contributed by atoms with Crippen LogP contribution in [0.15, 0.2) is 48.5 Å². The standard InChI is InChI=1S/C29H32Cl2N4O2/c1-34-25-18-23(30)24(31)19-26(25)35(17-7-3-4-10-28(36)33-16-15-32)29(34)14-12-22-21-9-6-5-8-20(21)11-13-27(22)37-2/h5-6,8-9,11-14,18-19H,3-4,7,10,15-17,32H2,1-2H3/p+1/b14-12+. The summed E-state index contributed by atoms with van der Waals surface area (Å²) in [6.07, 6.45) is 7.42. The summed E-state index contributed by atoms with van der Waals surface area (Å²) in [5.41, 5.74) is 8.50. The van der Waals surface area contributed by atoms with Crippen molar-refractivity contribution in [2.75, 3.05) is 20.2 Å². The molecule has 4 rings (SSSR count). The maximum absolute atomic E-state index is 11.9. The van der Waals surface area contributed by atoms with E-state index in [4.69, 9.17) is 33.7 Å². The predicted molar refractivity (Wildman–Crippen MR) is 153 cm³/mol. The number of halogens is 2. The molecule has 0 bridgehead atoms. The number of amides is 1. The summed E-state index contributed by atoms with van der Waals surface area (Å²) in [6.45, 7) is 1.76. The molecule has 6 nitrogen and oxygen atoms in total. The molecule has 8 heteroatoms. The van der Waals surface area contributed by atoms with Gasteiger partial charge < -0.3 is 15.8 Å². The number of imidazole rings is 1. The molecule has 0 saturated heterocycles. The fourth-order valence-electron chi connectivity index (χ4n) is 4.69. The zero-order valence-corrected chi connectivity index (χ0v) is 22.8. The highest BCUT2D eigenvalue weighted by Gasteiger charge is 2.22. The van der Waals surface area contributed by atoms with Gasteiger partial charge in [-0.15, -0.1) is 0 Å². The molecule has 4 aromatic rings. The minimum Gasteiger partial charge on any atom is -0.496 e. The van der Waals surface area contributed by atoms with Gasteiger partial charge >= 0.3 is 0 Å². The summed E-state index contributed by atoms with van der Waals surface area (Å²) in [4.78, 5) is 11.9. The number of hydrogen-bond donors (Lipinski definition) is 2. The highest BCUT2D eigenvalue weighted by Crippen LogP contribution is 2.31. The van der Waals surface area contributed by atoms with E-state index in [9.17, 15) is 4.79 Å².